The van der Waals surface area contributed by atoms with Gasteiger partial charge in [-0.25, -0.2) is 0 Å². The highest BCUT2D eigenvalue weighted by atomic mass is 16.4. The van der Waals surface area contributed by atoms with Crippen LogP contribution in [0.4, 0.5) is 0 Å². The van der Waals surface area contributed by atoms with E-state index in [1.54, 1.807) is 6.08 Å². The summed E-state index contributed by atoms with van der Waals surface area (Å²) in [5, 5.41) is 38.7. The molecule has 1 aliphatic carbocycles. The summed E-state index contributed by atoms with van der Waals surface area (Å²) in [6.07, 6.45) is 9.59. The molecule has 1 saturated carbocycles. The zero-order chi connectivity index (χ0) is 17.2. The molecule has 0 aliphatic heterocycles. The zero-order valence-electron chi connectivity index (χ0n) is 13.8. The summed E-state index contributed by atoms with van der Waals surface area (Å²) in [5.74, 6) is -1.07. The van der Waals surface area contributed by atoms with Crippen molar-refractivity contribution in [3.05, 3.63) is 24.3 Å². The van der Waals surface area contributed by atoms with E-state index in [1.165, 1.54) is 0 Å². The third-order valence-electron chi connectivity index (χ3n) is 4.43. The number of carboxylic acid groups (broad SMARTS) is 1. The Morgan fingerprint density at radius 3 is 2.61 bits per heavy atom. The minimum absolute atomic E-state index is 0.0755. The van der Waals surface area contributed by atoms with Gasteiger partial charge in [0.05, 0.1) is 18.3 Å². The molecule has 0 heterocycles. The number of rotatable bonds is 10. The van der Waals surface area contributed by atoms with Gasteiger partial charge in [0.1, 0.15) is 0 Å². The Balaban J connectivity index is 2.51. The second kappa shape index (κ2) is 10.6. The van der Waals surface area contributed by atoms with Crippen molar-refractivity contribution in [2.45, 2.75) is 70.2 Å². The molecule has 132 valence electrons. The highest BCUT2D eigenvalue weighted by Crippen LogP contribution is 2.37. The molecule has 0 aromatic heterocycles. The molecule has 0 saturated heterocycles. The average Bonchev–Trinajstić information content (AvgIpc) is 2.75. The number of hydrogen-bond acceptors (Lipinski definition) is 4. The van der Waals surface area contributed by atoms with Gasteiger partial charge in [-0.1, -0.05) is 37.6 Å². The van der Waals surface area contributed by atoms with Crippen LogP contribution >= 0.6 is 0 Å². The molecule has 1 aliphatic rings. The van der Waals surface area contributed by atoms with Gasteiger partial charge in [0, 0.05) is 18.8 Å². The Bertz CT molecular complexity index is 404. The zero-order valence-corrected chi connectivity index (χ0v) is 13.8. The Morgan fingerprint density at radius 1 is 1.22 bits per heavy atom. The average molecular weight is 326 g/mol. The van der Waals surface area contributed by atoms with Crippen LogP contribution in [0.3, 0.4) is 0 Å². The highest BCUT2D eigenvalue weighted by molar-refractivity contribution is 5.66. The molecule has 5 nitrogen and oxygen atoms in total. The number of hydrogen-bond donors (Lipinski definition) is 4. The molecule has 0 amide bonds. The van der Waals surface area contributed by atoms with Gasteiger partial charge in [-0.2, -0.15) is 0 Å². The van der Waals surface area contributed by atoms with Gasteiger partial charge in [-0.3, -0.25) is 4.79 Å². The lowest BCUT2D eigenvalue weighted by molar-refractivity contribution is -0.137. The largest absolute Gasteiger partial charge is 0.481 e. The van der Waals surface area contributed by atoms with Crippen molar-refractivity contribution in [1.29, 1.82) is 0 Å². The molecule has 1 fully saturated rings. The summed E-state index contributed by atoms with van der Waals surface area (Å²) >= 11 is 0. The van der Waals surface area contributed by atoms with E-state index < -0.39 is 24.3 Å². The third kappa shape index (κ3) is 7.29. The van der Waals surface area contributed by atoms with Crippen LogP contribution in [0.15, 0.2) is 24.3 Å². The molecular formula is C18H30O5. The first kappa shape index (κ1) is 19.9. The first-order valence-electron chi connectivity index (χ1n) is 8.55. The van der Waals surface area contributed by atoms with Gasteiger partial charge >= 0.3 is 5.97 Å². The summed E-state index contributed by atoms with van der Waals surface area (Å²) in [6.45, 7) is 2.03. The van der Waals surface area contributed by atoms with Crippen molar-refractivity contribution in [3.8, 4) is 0 Å². The normalized spacial score (nSPS) is 29.6. The van der Waals surface area contributed by atoms with Gasteiger partial charge in [0.15, 0.2) is 0 Å². The van der Waals surface area contributed by atoms with Crippen LogP contribution in [0.5, 0.6) is 0 Å². The van der Waals surface area contributed by atoms with Gasteiger partial charge in [-0.05, 0) is 31.6 Å². The molecule has 0 aromatic carbocycles. The molecule has 0 spiro atoms. The Morgan fingerprint density at radius 2 is 1.96 bits per heavy atom. The van der Waals surface area contributed by atoms with Crippen molar-refractivity contribution in [2.75, 3.05) is 0 Å². The quantitative estimate of drug-likeness (QED) is 0.365. The smallest absolute Gasteiger partial charge is 0.303 e. The van der Waals surface area contributed by atoms with E-state index in [-0.39, 0.29) is 18.3 Å². The molecule has 5 heteroatoms. The maximum Gasteiger partial charge on any atom is 0.303 e. The predicted octanol–water partition coefficient (Wildman–Crippen LogP) is 2.26. The molecule has 0 bridgehead atoms. The topological polar surface area (TPSA) is 98.0 Å². The first-order valence-corrected chi connectivity index (χ1v) is 8.55. The lowest BCUT2D eigenvalue weighted by Crippen LogP contribution is -2.21. The van der Waals surface area contributed by atoms with Crippen LogP contribution in [0.1, 0.15) is 51.9 Å². The molecular weight excluding hydrogens is 296 g/mol. The van der Waals surface area contributed by atoms with Gasteiger partial charge in [0.2, 0.25) is 0 Å². The Kier molecular flexibility index (Phi) is 9.14. The van der Waals surface area contributed by atoms with Crippen LogP contribution in [-0.4, -0.2) is 44.7 Å². The maximum absolute atomic E-state index is 10.5. The second-order valence-corrected chi connectivity index (χ2v) is 6.32. The van der Waals surface area contributed by atoms with E-state index in [1.807, 2.05) is 25.2 Å². The molecule has 5 atom stereocenters. The number of aliphatic carboxylic acids is 1. The Labute approximate surface area is 138 Å². The van der Waals surface area contributed by atoms with Crippen LogP contribution < -0.4 is 0 Å². The van der Waals surface area contributed by atoms with Crippen molar-refractivity contribution in [3.63, 3.8) is 0 Å². The van der Waals surface area contributed by atoms with Crippen molar-refractivity contribution in [2.24, 2.45) is 11.8 Å². The third-order valence-corrected chi connectivity index (χ3v) is 4.43. The number of carboxylic acids is 1. The van der Waals surface area contributed by atoms with Crippen molar-refractivity contribution >= 4 is 5.97 Å². The lowest BCUT2D eigenvalue weighted by Gasteiger charge is -2.21. The monoisotopic (exact) mass is 326 g/mol. The van der Waals surface area contributed by atoms with Gasteiger partial charge in [-0.15, -0.1) is 0 Å². The number of allylic oxidation sites excluding steroid dienone is 1. The van der Waals surface area contributed by atoms with Crippen molar-refractivity contribution in [1.82, 2.24) is 0 Å². The SMILES string of the molecule is CC/C=C\C[C@@H](O)/C=C/[C@H]1[C@@H](CCCCC(=O)O)[C@@H](O)C[C@H]1O. The lowest BCUT2D eigenvalue weighted by atomic mass is 9.88. The molecule has 1 rings (SSSR count). The fourth-order valence-electron chi connectivity index (χ4n) is 3.17. The standard InChI is InChI=1S/C18H30O5/c1-2-3-4-7-13(19)10-11-15-14(16(20)12-17(15)21)8-5-6-9-18(22)23/h3-4,10-11,13-17,19-21H,2,5-9,12H2,1H3,(H,22,23)/b4-3-,11-10+/t13-,14-,15+,16+,17-/m1/s1. The van der Waals surface area contributed by atoms with Crippen molar-refractivity contribution < 1.29 is 25.2 Å². The maximum atomic E-state index is 10.5. The fraction of sp³-hybridized carbons (Fsp3) is 0.722. The number of aliphatic hydroxyl groups excluding tert-OH is 3. The molecule has 0 unspecified atom stereocenters. The van der Waals surface area contributed by atoms with Gasteiger partial charge in [0.25, 0.3) is 0 Å². The van der Waals surface area contributed by atoms with E-state index in [0.717, 1.165) is 6.42 Å². The van der Waals surface area contributed by atoms with Crippen LogP contribution in [0.25, 0.3) is 0 Å². The van der Waals surface area contributed by atoms with Gasteiger partial charge < -0.3 is 20.4 Å². The summed E-state index contributed by atoms with van der Waals surface area (Å²) in [4.78, 5) is 10.5. The van der Waals surface area contributed by atoms with E-state index in [2.05, 4.69) is 0 Å². The second-order valence-electron chi connectivity index (χ2n) is 6.32. The Hall–Kier alpha value is -1.17. The minimum atomic E-state index is -0.809. The molecule has 4 N–H and O–H groups in total. The van der Waals surface area contributed by atoms with Crippen LogP contribution in [-0.2, 0) is 4.79 Å². The fourth-order valence-corrected chi connectivity index (χ4v) is 3.17. The first-order chi connectivity index (χ1) is 11.0. The molecule has 0 aromatic rings. The number of aliphatic hydroxyl groups is 3. The molecule has 0 radical (unpaired) electrons. The summed E-state index contributed by atoms with van der Waals surface area (Å²) in [6, 6.07) is 0. The van der Waals surface area contributed by atoms with E-state index in [0.29, 0.717) is 32.1 Å². The van der Waals surface area contributed by atoms with E-state index >= 15 is 0 Å². The summed E-state index contributed by atoms with van der Waals surface area (Å²) in [5.41, 5.74) is 0. The number of carbonyl (C=O) groups is 1. The summed E-state index contributed by atoms with van der Waals surface area (Å²) < 4.78 is 0. The van der Waals surface area contributed by atoms with E-state index in [4.69, 9.17) is 5.11 Å². The molecule has 23 heavy (non-hydrogen) atoms. The van der Waals surface area contributed by atoms with E-state index in [9.17, 15) is 20.1 Å². The minimum Gasteiger partial charge on any atom is -0.481 e. The summed E-state index contributed by atoms with van der Waals surface area (Å²) in [7, 11) is 0. The highest BCUT2D eigenvalue weighted by Gasteiger charge is 2.39. The van der Waals surface area contributed by atoms with Crippen LogP contribution in [0.2, 0.25) is 0 Å². The predicted molar refractivity (Wildman–Crippen MR) is 88.9 cm³/mol. The number of unbranched alkanes of at least 4 members (excludes halogenated alkanes) is 1. The van der Waals surface area contributed by atoms with Crippen LogP contribution in [0, 0.1) is 11.8 Å².